The Kier molecular flexibility index (Phi) is 4.26. The van der Waals surface area contributed by atoms with Gasteiger partial charge in [-0.3, -0.25) is 14.4 Å². The van der Waals surface area contributed by atoms with Gasteiger partial charge in [-0.15, -0.1) is 11.3 Å². The zero-order chi connectivity index (χ0) is 20.1. The van der Waals surface area contributed by atoms with Gasteiger partial charge in [-0.1, -0.05) is 42.0 Å². The Bertz CT molecular complexity index is 1080. The van der Waals surface area contributed by atoms with Crippen molar-refractivity contribution in [2.45, 2.75) is 26.0 Å². The van der Waals surface area contributed by atoms with Gasteiger partial charge in [0.05, 0.1) is 11.4 Å². The number of benzene rings is 2. The fourth-order valence-corrected chi connectivity index (χ4v) is 5.11. The van der Waals surface area contributed by atoms with E-state index in [-0.39, 0.29) is 17.9 Å². The summed E-state index contributed by atoms with van der Waals surface area (Å²) in [7, 11) is 0. The number of imide groups is 1. The third kappa shape index (κ3) is 2.79. The van der Waals surface area contributed by atoms with Crippen LogP contribution in [0.25, 0.3) is 0 Å². The van der Waals surface area contributed by atoms with E-state index in [0.717, 1.165) is 21.7 Å². The van der Waals surface area contributed by atoms with E-state index in [2.05, 4.69) is 0 Å². The molecule has 3 heterocycles. The monoisotopic (exact) mass is 404 g/mol. The van der Waals surface area contributed by atoms with E-state index in [4.69, 9.17) is 4.84 Å². The van der Waals surface area contributed by atoms with Crippen molar-refractivity contribution in [2.24, 2.45) is 5.92 Å². The van der Waals surface area contributed by atoms with Crippen LogP contribution in [0.5, 0.6) is 0 Å². The Labute approximate surface area is 173 Å². The maximum atomic E-state index is 13.5. The number of rotatable bonds is 3. The summed E-state index contributed by atoms with van der Waals surface area (Å²) in [6, 6.07) is 19.0. The van der Waals surface area contributed by atoms with Crippen LogP contribution in [0.1, 0.15) is 22.0 Å². The molecule has 0 saturated carbocycles. The first-order valence-corrected chi connectivity index (χ1v) is 10.4. The van der Waals surface area contributed by atoms with Crippen molar-refractivity contribution in [1.29, 1.82) is 0 Å². The summed E-state index contributed by atoms with van der Waals surface area (Å²) in [6.45, 7) is 3.91. The van der Waals surface area contributed by atoms with Crippen molar-refractivity contribution in [3.63, 3.8) is 0 Å². The summed E-state index contributed by atoms with van der Waals surface area (Å²) in [5, 5.41) is 3.71. The van der Waals surface area contributed by atoms with E-state index in [9.17, 15) is 9.59 Å². The van der Waals surface area contributed by atoms with E-state index in [1.54, 1.807) is 16.4 Å². The molecule has 0 radical (unpaired) electrons. The number of hydroxylamine groups is 1. The Morgan fingerprint density at radius 1 is 0.931 bits per heavy atom. The molecule has 0 unspecified atom stereocenters. The van der Waals surface area contributed by atoms with Gasteiger partial charge < -0.3 is 0 Å². The van der Waals surface area contributed by atoms with Crippen molar-refractivity contribution in [3.8, 4) is 0 Å². The number of hydrogen-bond donors (Lipinski definition) is 0. The van der Waals surface area contributed by atoms with Crippen LogP contribution in [0.3, 0.4) is 0 Å². The zero-order valence-electron chi connectivity index (χ0n) is 16.1. The molecular formula is C23H20N2O3S. The molecule has 0 aliphatic carbocycles. The molecule has 2 aliphatic heterocycles. The predicted octanol–water partition coefficient (Wildman–Crippen LogP) is 4.42. The second-order valence-corrected chi connectivity index (χ2v) is 8.45. The second kappa shape index (κ2) is 6.83. The molecule has 5 rings (SSSR count). The molecule has 3 atom stereocenters. The minimum Gasteiger partial charge on any atom is -0.273 e. The van der Waals surface area contributed by atoms with Crippen LogP contribution >= 0.6 is 11.3 Å². The second-order valence-electron chi connectivity index (χ2n) is 7.48. The Morgan fingerprint density at radius 3 is 2.41 bits per heavy atom. The van der Waals surface area contributed by atoms with Crippen molar-refractivity contribution >= 4 is 34.5 Å². The van der Waals surface area contributed by atoms with Gasteiger partial charge in [0.15, 0.2) is 6.10 Å². The van der Waals surface area contributed by atoms with Crippen LogP contribution in [-0.2, 0) is 14.4 Å². The number of hydrogen-bond acceptors (Lipinski definition) is 5. The Hall–Kier alpha value is -2.96. The zero-order valence-corrected chi connectivity index (χ0v) is 16.9. The van der Waals surface area contributed by atoms with Crippen LogP contribution in [0.2, 0.25) is 0 Å². The lowest BCUT2D eigenvalue weighted by Gasteiger charge is -2.28. The number of amides is 2. The summed E-state index contributed by atoms with van der Waals surface area (Å²) in [5.41, 5.74) is 3.46. The van der Waals surface area contributed by atoms with Crippen LogP contribution in [0.15, 0.2) is 66.0 Å². The highest BCUT2D eigenvalue weighted by molar-refractivity contribution is 7.10. The van der Waals surface area contributed by atoms with Crippen LogP contribution in [0.4, 0.5) is 11.4 Å². The average Bonchev–Trinajstić information content (AvgIpc) is 3.41. The molecule has 2 amide bonds. The fourth-order valence-electron chi connectivity index (χ4n) is 4.26. The smallest absolute Gasteiger partial charge is 0.266 e. The number of fused-ring (bicyclic) bond motifs is 1. The Balaban J connectivity index is 1.58. The van der Waals surface area contributed by atoms with Crippen LogP contribution in [0, 0.1) is 19.8 Å². The first-order valence-electron chi connectivity index (χ1n) is 9.56. The molecule has 2 fully saturated rings. The number of carbonyl (C=O) groups is 2. The van der Waals surface area contributed by atoms with E-state index >= 15 is 0 Å². The van der Waals surface area contributed by atoms with Crippen LogP contribution in [-0.4, -0.2) is 17.9 Å². The number of para-hydroxylation sites is 1. The number of nitrogens with zero attached hydrogens (tertiary/aromatic N) is 2. The lowest BCUT2D eigenvalue weighted by molar-refractivity contribution is -0.126. The first-order chi connectivity index (χ1) is 14.1. The fraction of sp³-hybridized carbons (Fsp3) is 0.217. The van der Waals surface area contributed by atoms with Gasteiger partial charge in [0.25, 0.3) is 5.91 Å². The number of aryl methyl sites for hydroxylation is 2. The lowest BCUT2D eigenvalue weighted by Crippen LogP contribution is -2.37. The minimum absolute atomic E-state index is 0.205. The van der Waals surface area contributed by atoms with Gasteiger partial charge in [-0.25, -0.2) is 9.96 Å². The minimum atomic E-state index is -0.824. The summed E-state index contributed by atoms with van der Waals surface area (Å²) < 4.78 is 0. The van der Waals surface area contributed by atoms with Crippen molar-refractivity contribution < 1.29 is 14.4 Å². The molecule has 2 aliphatic rings. The molecule has 0 spiro atoms. The Morgan fingerprint density at radius 2 is 1.72 bits per heavy atom. The standard InChI is InChI=1S/C23H20N2O3S/c1-14-10-11-17(15(2)13-14)24-22(26)19-20(18-9-6-12-29-18)25(28-21(19)23(24)27)16-7-4-3-5-8-16/h3-13,19-21H,1-2H3/t19-,20-,21+/m0/s1. The van der Waals surface area contributed by atoms with Crippen molar-refractivity contribution in [1.82, 2.24) is 0 Å². The van der Waals surface area contributed by atoms with Gasteiger partial charge >= 0.3 is 0 Å². The van der Waals surface area contributed by atoms with Gasteiger partial charge in [0.2, 0.25) is 5.91 Å². The molecule has 2 saturated heterocycles. The van der Waals surface area contributed by atoms with Crippen LogP contribution < -0.4 is 9.96 Å². The van der Waals surface area contributed by atoms with E-state index in [0.29, 0.717) is 5.69 Å². The van der Waals surface area contributed by atoms with E-state index in [1.807, 2.05) is 79.9 Å². The molecule has 0 bridgehead atoms. The molecule has 29 heavy (non-hydrogen) atoms. The highest BCUT2D eigenvalue weighted by Gasteiger charge is 2.60. The largest absolute Gasteiger partial charge is 0.273 e. The summed E-state index contributed by atoms with van der Waals surface area (Å²) >= 11 is 1.57. The molecule has 1 aromatic heterocycles. The summed E-state index contributed by atoms with van der Waals surface area (Å²) in [6.07, 6.45) is -0.824. The normalized spacial score (nSPS) is 23.7. The first kappa shape index (κ1) is 18.1. The van der Waals surface area contributed by atoms with E-state index in [1.165, 1.54) is 4.90 Å². The molecule has 3 aromatic rings. The highest BCUT2D eigenvalue weighted by atomic mass is 32.1. The molecule has 6 heteroatoms. The summed E-state index contributed by atoms with van der Waals surface area (Å²) in [4.78, 5) is 35.3. The average molecular weight is 404 g/mol. The number of carbonyl (C=O) groups excluding carboxylic acids is 2. The molecule has 0 N–H and O–H groups in total. The third-order valence-corrected chi connectivity index (χ3v) is 6.50. The quantitative estimate of drug-likeness (QED) is 0.607. The number of anilines is 2. The SMILES string of the molecule is Cc1ccc(N2C(=O)[C@@H]3[C@@H](ON(c4ccccc4)[C@H]3c3cccs3)C2=O)c(C)c1. The van der Waals surface area contributed by atoms with Gasteiger partial charge in [-0.2, -0.15) is 0 Å². The predicted molar refractivity (Wildman–Crippen MR) is 113 cm³/mol. The maximum Gasteiger partial charge on any atom is 0.266 e. The lowest BCUT2D eigenvalue weighted by atomic mass is 9.95. The van der Waals surface area contributed by atoms with Gasteiger partial charge in [0.1, 0.15) is 12.0 Å². The molecule has 5 nitrogen and oxygen atoms in total. The third-order valence-electron chi connectivity index (χ3n) is 5.55. The highest BCUT2D eigenvalue weighted by Crippen LogP contribution is 2.48. The number of thiophene rings is 1. The van der Waals surface area contributed by atoms with Gasteiger partial charge in [0, 0.05) is 4.88 Å². The van der Waals surface area contributed by atoms with Crippen molar-refractivity contribution in [3.05, 3.63) is 82.0 Å². The van der Waals surface area contributed by atoms with Crippen molar-refractivity contribution in [2.75, 3.05) is 9.96 Å². The molecular weight excluding hydrogens is 384 g/mol. The maximum absolute atomic E-state index is 13.5. The molecule has 2 aromatic carbocycles. The van der Waals surface area contributed by atoms with Gasteiger partial charge in [-0.05, 0) is 49.1 Å². The topological polar surface area (TPSA) is 49.9 Å². The summed E-state index contributed by atoms with van der Waals surface area (Å²) in [5.74, 6) is -1.09. The van der Waals surface area contributed by atoms with E-state index < -0.39 is 12.0 Å². The molecule has 146 valence electrons.